The molecule has 1 aliphatic rings. The van der Waals surface area contributed by atoms with Gasteiger partial charge in [0.25, 0.3) is 0 Å². The molecule has 1 aliphatic heterocycles. The largest absolute Gasteiger partial charge is 0.489 e. The van der Waals surface area contributed by atoms with Gasteiger partial charge in [-0.25, -0.2) is 0 Å². The summed E-state index contributed by atoms with van der Waals surface area (Å²) in [7, 11) is 0. The molecule has 1 N–H and O–H groups in total. The number of halogens is 2. The molecule has 0 saturated carbocycles. The summed E-state index contributed by atoms with van der Waals surface area (Å²) in [6, 6.07) is 15.4. The minimum atomic E-state index is -0.775. The third kappa shape index (κ3) is 6.40. The summed E-state index contributed by atoms with van der Waals surface area (Å²) in [5.41, 5.74) is 1.97. The quantitative estimate of drug-likeness (QED) is 0.739. The molecular weight excluding hydrogens is 389 g/mol. The smallest absolute Gasteiger partial charge is 0.304 e. The van der Waals surface area contributed by atoms with E-state index in [0.717, 1.165) is 23.4 Å². The first kappa shape index (κ1) is 21.5. The van der Waals surface area contributed by atoms with E-state index in [0.29, 0.717) is 31.3 Å². The van der Waals surface area contributed by atoms with Crippen LogP contribution in [0.25, 0.3) is 0 Å². The van der Waals surface area contributed by atoms with Crippen LogP contribution in [0.15, 0.2) is 48.5 Å². The Kier molecular flexibility index (Phi) is 8.38. The summed E-state index contributed by atoms with van der Waals surface area (Å²) in [5, 5.41) is 9.54. The van der Waals surface area contributed by atoms with Gasteiger partial charge >= 0.3 is 5.97 Å². The predicted octanol–water partition coefficient (Wildman–Crippen LogP) is 4.19. The van der Waals surface area contributed by atoms with Gasteiger partial charge in [0, 0.05) is 30.2 Å². The normalized spacial score (nSPS) is 17.1. The van der Waals surface area contributed by atoms with Crippen LogP contribution in [-0.2, 0) is 16.1 Å². The summed E-state index contributed by atoms with van der Waals surface area (Å²) in [4.78, 5) is 12.9. The molecule has 2 aromatic carbocycles. The topological polar surface area (TPSA) is 59.0 Å². The van der Waals surface area contributed by atoms with Crippen LogP contribution in [0, 0.1) is 0 Å². The first-order chi connectivity index (χ1) is 12.6. The Morgan fingerprint density at radius 2 is 2.07 bits per heavy atom. The van der Waals surface area contributed by atoms with E-state index in [2.05, 4.69) is 4.90 Å². The Morgan fingerprint density at radius 3 is 2.85 bits per heavy atom. The first-order valence-electron chi connectivity index (χ1n) is 8.64. The van der Waals surface area contributed by atoms with Crippen LogP contribution in [0.2, 0.25) is 5.02 Å². The van der Waals surface area contributed by atoms with Crippen LogP contribution in [-0.4, -0.2) is 42.2 Å². The molecule has 1 atom stereocenters. The number of ether oxygens (including phenoxy) is 2. The van der Waals surface area contributed by atoms with E-state index < -0.39 is 5.97 Å². The molecule has 1 saturated heterocycles. The number of morpholine rings is 1. The standard InChI is InChI=1S/C20H22ClNO4.ClH/c21-18-7-2-1-4-16(18)14-26-17-6-3-5-15(12-17)19-13-22(10-11-25-19)9-8-20(23)24;/h1-7,12,19H,8-11,13-14H2,(H,23,24);1H. The van der Waals surface area contributed by atoms with Gasteiger partial charge in [0.2, 0.25) is 0 Å². The average molecular weight is 412 g/mol. The lowest BCUT2D eigenvalue weighted by Crippen LogP contribution is -2.39. The summed E-state index contributed by atoms with van der Waals surface area (Å²) < 4.78 is 11.8. The Bertz CT molecular complexity index is 756. The van der Waals surface area contributed by atoms with Crippen molar-refractivity contribution in [3.63, 3.8) is 0 Å². The van der Waals surface area contributed by atoms with E-state index in [9.17, 15) is 4.79 Å². The van der Waals surface area contributed by atoms with E-state index >= 15 is 0 Å². The lowest BCUT2D eigenvalue weighted by molar-refractivity contribution is -0.137. The van der Waals surface area contributed by atoms with Crippen LogP contribution >= 0.6 is 24.0 Å². The molecule has 0 bridgehead atoms. The maximum atomic E-state index is 10.8. The second-order valence-corrected chi connectivity index (χ2v) is 6.66. The zero-order valence-corrected chi connectivity index (χ0v) is 16.4. The predicted molar refractivity (Wildman–Crippen MR) is 107 cm³/mol. The van der Waals surface area contributed by atoms with E-state index in [4.69, 9.17) is 26.2 Å². The third-order valence-corrected chi connectivity index (χ3v) is 4.74. The first-order valence-corrected chi connectivity index (χ1v) is 9.01. The summed E-state index contributed by atoms with van der Waals surface area (Å²) >= 11 is 6.16. The monoisotopic (exact) mass is 411 g/mol. The fourth-order valence-electron chi connectivity index (χ4n) is 2.94. The lowest BCUT2D eigenvalue weighted by Gasteiger charge is -2.32. The Labute approximate surface area is 170 Å². The van der Waals surface area contributed by atoms with E-state index in [1.807, 2.05) is 48.5 Å². The molecule has 3 rings (SSSR count). The van der Waals surface area contributed by atoms with E-state index in [1.54, 1.807) is 0 Å². The van der Waals surface area contributed by atoms with Crippen molar-refractivity contribution in [1.29, 1.82) is 0 Å². The molecule has 1 fully saturated rings. The SMILES string of the molecule is Cl.O=C(O)CCN1CCOC(c2cccc(OCc3ccccc3Cl)c2)C1. The number of benzene rings is 2. The van der Waals surface area contributed by atoms with Crippen molar-refractivity contribution in [3.8, 4) is 5.75 Å². The number of carbonyl (C=O) groups is 1. The van der Waals surface area contributed by atoms with E-state index in [1.165, 1.54) is 0 Å². The number of carboxylic acids is 1. The number of carboxylic acid groups (broad SMARTS) is 1. The third-order valence-electron chi connectivity index (χ3n) is 4.37. The molecule has 0 amide bonds. The van der Waals surface area contributed by atoms with Crippen molar-refractivity contribution in [1.82, 2.24) is 4.90 Å². The second kappa shape index (κ2) is 10.5. The maximum absolute atomic E-state index is 10.8. The molecule has 2 aromatic rings. The van der Waals surface area contributed by atoms with Gasteiger partial charge < -0.3 is 14.6 Å². The van der Waals surface area contributed by atoms with Gasteiger partial charge in [-0.05, 0) is 23.8 Å². The van der Waals surface area contributed by atoms with Gasteiger partial charge in [0.05, 0.1) is 19.1 Å². The molecular formula is C20H23Cl2NO4. The highest BCUT2D eigenvalue weighted by Crippen LogP contribution is 2.26. The van der Waals surface area contributed by atoms with Gasteiger partial charge in [-0.1, -0.05) is 41.9 Å². The minimum Gasteiger partial charge on any atom is -0.489 e. The molecule has 5 nitrogen and oxygen atoms in total. The summed E-state index contributed by atoms with van der Waals surface area (Å²) in [5.74, 6) is -0.0170. The number of rotatable bonds is 7. The number of nitrogens with zero attached hydrogens (tertiary/aromatic N) is 1. The van der Waals surface area contributed by atoms with Gasteiger partial charge in [0.15, 0.2) is 0 Å². The molecule has 1 unspecified atom stereocenters. The van der Waals surface area contributed by atoms with Gasteiger partial charge in [-0.15, -0.1) is 12.4 Å². The van der Waals surface area contributed by atoms with Crippen molar-refractivity contribution >= 4 is 30.0 Å². The highest BCUT2D eigenvalue weighted by atomic mass is 35.5. The fourth-order valence-corrected chi connectivity index (χ4v) is 3.13. The van der Waals surface area contributed by atoms with Crippen molar-refractivity contribution < 1.29 is 19.4 Å². The highest BCUT2D eigenvalue weighted by molar-refractivity contribution is 6.31. The Hall–Kier alpha value is -1.79. The summed E-state index contributed by atoms with van der Waals surface area (Å²) in [6.07, 6.45) is 0.0645. The minimum absolute atomic E-state index is 0. The maximum Gasteiger partial charge on any atom is 0.304 e. The van der Waals surface area contributed by atoms with Crippen LogP contribution < -0.4 is 4.74 Å². The zero-order chi connectivity index (χ0) is 18.4. The Morgan fingerprint density at radius 1 is 1.26 bits per heavy atom. The van der Waals surface area contributed by atoms with Crippen LogP contribution in [0.3, 0.4) is 0 Å². The molecule has 1 heterocycles. The average Bonchev–Trinajstić information content (AvgIpc) is 2.66. The number of aliphatic carboxylic acids is 1. The summed E-state index contributed by atoms with van der Waals surface area (Å²) in [6.45, 7) is 2.97. The lowest BCUT2D eigenvalue weighted by atomic mass is 10.1. The van der Waals surface area contributed by atoms with Crippen molar-refractivity contribution in [3.05, 3.63) is 64.7 Å². The molecule has 27 heavy (non-hydrogen) atoms. The van der Waals surface area contributed by atoms with Gasteiger partial charge in [0.1, 0.15) is 12.4 Å². The Balaban J connectivity index is 0.00000261. The number of hydrogen-bond donors (Lipinski definition) is 1. The molecule has 0 radical (unpaired) electrons. The fraction of sp³-hybridized carbons (Fsp3) is 0.350. The molecule has 7 heteroatoms. The van der Waals surface area contributed by atoms with Crippen LogP contribution in [0.1, 0.15) is 23.7 Å². The van der Waals surface area contributed by atoms with Crippen LogP contribution in [0.5, 0.6) is 5.75 Å². The van der Waals surface area contributed by atoms with Crippen molar-refractivity contribution in [2.45, 2.75) is 19.1 Å². The van der Waals surface area contributed by atoms with Gasteiger partial charge in [-0.2, -0.15) is 0 Å². The highest BCUT2D eigenvalue weighted by Gasteiger charge is 2.22. The van der Waals surface area contributed by atoms with Crippen molar-refractivity contribution in [2.75, 3.05) is 26.2 Å². The number of hydrogen-bond acceptors (Lipinski definition) is 4. The van der Waals surface area contributed by atoms with Gasteiger partial charge in [-0.3, -0.25) is 9.69 Å². The van der Waals surface area contributed by atoms with Crippen molar-refractivity contribution in [2.24, 2.45) is 0 Å². The molecule has 0 aromatic heterocycles. The van der Waals surface area contributed by atoms with Crippen LogP contribution in [0.4, 0.5) is 0 Å². The zero-order valence-electron chi connectivity index (χ0n) is 14.8. The molecule has 0 spiro atoms. The van der Waals surface area contributed by atoms with E-state index in [-0.39, 0.29) is 24.9 Å². The molecule has 146 valence electrons. The molecule has 0 aliphatic carbocycles. The second-order valence-electron chi connectivity index (χ2n) is 6.26.